The fourth-order valence-electron chi connectivity index (χ4n) is 0.960. The Kier molecular flexibility index (Phi) is 3.94. The predicted molar refractivity (Wildman–Crippen MR) is 44.4 cm³/mol. The molecule has 0 aromatic rings. The van der Waals surface area contributed by atoms with E-state index in [9.17, 15) is 18.0 Å². The molecule has 0 atom stereocenters. The normalized spacial score (nSPS) is 13.1. The van der Waals surface area contributed by atoms with Gasteiger partial charge in [0.2, 0.25) is 0 Å². The van der Waals surface area contributed by atoms with Crippen molar-refractivity contribution in [3.05, 3.63) is 0 Å². The maximum Gasteiger partial charge on any atom is 0.394 e. The van der Waals surface area contributed by atoms with Gasteiger partial charge < -0.3 is 0 Å². The van der Waals surface area contributed by atoms with Crippen LogP contribution < -0.4 is 0 Å². The Bertz CT molecular complexity index is 182. The first-order chi connectivity index (χ1) is 5.70. The molecule has 78 valence electrons. The molecule has 0 amide bonds. The lowest BCUT2D eigenvalue weighted by molar-refractivity contribution is -0.213. The molecule has 0 aliphatic heterocycles. The maximum absolute atomic E-state index is 12.3. The summed E-state index contributed by atoms with van der Waals surface area (Å²) >= 11 is 0. The quantitative estimate of drug-likeness (QED) is 0.674. The number of carbonyl (C=O) groups is 1. The zero-order chi connectivity index (χ0) is 10.7. The van der Waals surface area contributed by atoms with Gasteiger partial charge in [-0.3, -0.25) is 4.79 Å². The van der Waals surface area contributed by atoms with E-state index < -0.39 is 18.0 Å². The standard InChI is InChI=1S/C9H15F3O/c1-4-5-7(13)6-8(2,3)9(10,11)12/h4-6H2,1-3H3. The Morgan fingerprint density at radius 1 is 1.23 bits per heavy atom. The molecule has 0 aliphatic rings. The van der Waals surface area contributed by atoms with Crippen molar-refractivity contribution in [1.82, 2.24) is 0 Å². The first-order valence-corrected chi connectivity index (χ1v) is 4.29. The van der Waals surface area contributed by atoms with Crippen LogP contribution in [0.1, 0.15) is 40.0 Å². The third-order valence-electron chi connectivity index (χ3n) is 1.94. The highest BCUT2D eigenvalue weighted by molar-refractivity contribution is 5.79. The Hall–Kier alpha value is -0.540. The van der Waals surface area contributed by atoms with Gasteiger partial charge in [0.25, 0.3) is 0 Å². The molecule has 0 heterocycles. The van der Waals surface area contributed by atoms with Crippen molar-refractivity contribution in [2.24, 2.45) is 5.41 Å². The topological polar surface area (TPSA) is 17.1 Å². The van der Waals surface area contributed by atoms with Crippen LogP contribution in [-0.4, -0.2) is 12.0 Å². The van der Waals surface area contributed by atoms with Crippen molar-refractivity contribution >= 4 is 5.78 Å². The SMILES string of the molecule is CCCC(=O)CC(C)(C)C(F)(F)F. The summed E-state index contributed by atoms with van der Waals surface area (Å²) < 4.78 is 36.8. The van der Waals surface area contributed by atoms with Crippen LogP contribution in [0.5, 0.6) is 0 Å². The van der Waals surface area contributed by atoms with E-state index in [4.69, 9.17) is 0 Å². The summed E-state index contributed by atoms with van der Waals surface area (Å²) in [6.45, 7) is 3.89. The second kappa shape index (κ2) is 4.11. The molecule has 0 spiro atoms. The van der Waals surface area contributed by atoms with Gasteiger partial charge in [-0.05, 0) is 6.42 Å². The van der Waals surface area contributed by atoms with Crippen molar-refractivity contribution in [3.8, 4) is 0 Å². The fraction of sp³-hybridized carbons (Fsp3) is 0.889. The summed E-state index contributed by atoms with van der Waals surface area (Å²) in [4.78, 5) is 11.0. The summed E-state index contributed by atoms with van der Waals surface area (Å²) in [6, 6.07) is 0. The molecule has 1 nitrogen and oxygen atoms in total. The molecular formula is C9H15F3O. The summed E-state index contributed by atoms with van der Waals surface area (Å²) in [5, 5.41) is 0. The molecule has 0 N–H and O–H groups in total. The lowest BCUT2D eigenvalue weighted by atomic mass is 9.85. The van der Waals surface area contributed by atoms with E-state index in [1.807, 2.05) is 0 Å². The first-order valence-electron chi connectivity index (χ1n) is 4.29. The van der Waals surface area contributed by atoms with Gasteiger partial charge >= 0.3 is 6.18 Å². The predicted octanol–water partition coefficient (Wildman–Crippen LogP) is 3.33. The highest BCUT2D eigenvalue weighted by atomic mass is 19.4. The monoisotopic (exact) mass is 196 g/mol. The summed E-state index contributed by atoms with van der Waals surface area (Å²) in [5.74, 6) is -0.315. The number of ketones is 1. The Balaban J connectivity index is 4.26. The van der Waals surface area contributed by atoms with E-state index in [0.717, 1.165) is 13.8 Å². The summed E-state index contributed by atoms with van der Waals surface area (Å²) in [5.41, 5.74) is -1.89. The van der Waals surface area contributed by atoms with Gasteiger partial charge in [0.05, 0.1) is 5.41 Å². The zero-order valence-electron chi connectivity index (χ0n) is 8.16. The molecule has 0 saturated heterocycles. The molecule has 0 bridgehead atoms. The number of halogens is 3. The average molecular weight is 196 g/mol. The van der Waals surface area contributed by atoms with Crippen LogP contribution in [0.3, 0.4) is 0 Å². The second-order valence-corrected chi connectivity index (χ2v) is 3.85. The van der Waals surface area contributed by atoms with Crippen LogP contribution in [0.2, 0.25) is 0 Å². The number of hydrogen-bond donors (Lipinski definition) is 0. The lowest BCUT2D eigenvalue weighted by Gasteiger charge is -2.26. The van der Waals surface area contributed by atoms with Crippen molar-refractivity contribution in [2.75, 3.05) is 0 Å². The van der Waals surface area contributed by atoms with Crippen molar-refractivity contribution < 1.29 is 18.0 Å². The lowest BCUT2D eigenvalue weighted by Crippen LogP contribution is -2.34. The highest BCUT2D eigenvalue weighted by Gasteiger charge is 2.47. The molecule has 0 saturated carbocycles. The molecule has 0 rings (SSSR count). The molecule has 0 unspecified atom stereocenters. The third kappa shape index (κ3) is 3.79. The van der Waals surface area contributed by atoms with Gasteiger partial charge in [0, 0.05) is 12.8 Å². The first kappa shape index (κ1) is 12.5. The van der Waals surface area contributed by atoms with E-state index >= 15 is 0 Å². The number of alkyl halides is 3. The number of carbonyl (C=O) groups excluding carboxylic acids is 1. The van der Waals surface area contributed by atoms with Crippen LogP contribution in [0.4, 0.5) is 13.2 Å². The van der Waals surface area contributed by atoms with E-state index in [1.54, 1.807) is 6.92 Å². The van der Waals surface area contributed by atoms with Gasteiger partial charge in [-0.1, -0.05) is 20.8 Å². The van der Waals surface area contributed by atoms with Crippen LogP contribution >= 0.6 is 0 Å². The van der Waals surface area contributed by atoms with Gasteiger partial charge in [0.1, 0.15) is 5.78 Å². The van der Waals surface area contributed by atoms with Crippen LogP contribution in [0.25, 0.3) is 0 Å². The van der Waals surface area contributed by atoms with E-state index in [-0.39, 0.29) is 12.2 Å². The highest BCUT2D eigenvalue weighted by Crippen LogP contribution is 2.40. The van der Waals surface area contributed by atoms with E-state index in [1.165, 1.54) is 0 Å². The molecule has 4 heteroatoms. The molecular weight excluding hydrogens is 181 g/mol. The van der Waals surface area contributed by atoms with Crippen molar-refractivity contribution in [3.63, 3.8) is 0 Å². The smallest absolute Gasteiger partial charge is 0.300 e. The minimum atomic E-state index is -4.30. The number of hydrogen-bond acceptors (Lipinski definition) is 1. The molecule has 0 aromatic heterocycles. The molecule has 0 aromatic carbocycles. The minimum absolute atomic E-state index is 0.236. The van der Waals surface area contributed by atoms with Gasteiger partial charge in [0.15, 0.2) is 0 Å². The van der Waals surface area contributed by atoms with E-state index in [0.29, 0.717) is 6.42 Å². The van der Waals surface area contributed by atoms with Gasteiger partial charge in [-0.25, -0.2) is 0 Å². The van der Waals surface area contributed by atoms with Gasteiger partial charge in [-0.2, -0.15) is 13.2 Å². The Labute approximate surface area is 76.3 Å². The maximum atomic E-state index is 12.3. The average Bonchev–Trinajstić information content (AvgIpc) is 1.83. The summed E-state index contributed by atoms with van der Waals surface area (Å²) in [7, 11) is 0. The van der Waals surface area contributed by atoms with Crippen LogP contribution in [0, 0.1) is 5.41 Å². The van der Waals surface area contributed by atoms with Gasteiger partial charge in [-0.15, -0.1) is 0 Å². The van der Waals surface area contributed by atoms with Crippen LogP contribution in [0.15, 0.2) is 0 Å². The molecule has 0 radical (unpaired) electrons. The minimum Gasteiger partial charge on any atom is -0.300 e. The number of rotatable bonds is 4. The third-order valence-corrected chi connectivity index (χ3v) is 1.94. The van der Waals surface area contributed by atoms with Crippen LogP contribution in [-0.2, 0) is 4.79 Å². The fourth-order valence-corrected chi connectivity index (χ4v) is 0.960. The number of Topliss-reactive ketones (excluding diaryl/α,β-unsaturated/α-hetero) is 1. The van der Waals surface area contributed by atoms with Crippen molar-refractivity contribution in [2.45, 2.75) is 46.2 Å². The summed E-state index contributed by atoms with van der Waals surface area (Å²) in [6.07, 6.45) is -3.87. The zero-order valence-corrected chi connectivity index (χ0v) is 8.16. The molecule has 0 aliphatic carbocycles. The van der Waals surface area contributed by atoms with Crippen molar-refractivity contribution in [1.29, 1.82) is 0 Å². The van der Waals surface area contributed by atoms with E-state index in [2.05, 4.69) is 0 Å². The second-order valence-electron chi connectivity index (χ2n) is 3.85. The largest absolute Gasteiger partial charge is 0.394 e. The Morgan fingerprint density at radius 2 is 1.69 bits per heavy atom. The molecule has 13 heavy (non-hydrogen) atoms. The molecule has 0 fully saturated rings. The Morgan fingerprint density at radius 3 is 2.00 bits per heavy atom.